The van der Waals surface area contributed by atoms with Gasteiger partial charge in [0.25, 0.3) is 0 Å². The molecule has 0 aliphatic carbocycles. The molecule has 1 aromatic carbocycles. The summed E-state index contributed by atoms with van der Waals surface area (Å²) in [6.07, 6.45) is 1.17. The van der Waals surface area contributed by atoms with E-state index in [0.29, 0.717) is 13.2 Å². The number of nitrogens with zero attached hydrogens (tertiary/aromatic N) is 4. The minimum Gasteiger partial charge on any atom is -0.387 e. The van der Waals surface area contributed by atoms with Crippen LogP contribution in [0.5, 0.6) is 0 Å². The molecule has 3 rings (SSSR count). The average Bonchev–Trinajstić information content (AvgIpc) is 3.04. The molecule has 6 heteroatoms. The van der Waals surface area contributed by atoms with Crippen LogP contribution in [-0.2, 0) is 11.3 Å². The summed E-state index contributed by atoms with van der Waals surface area (Å²) in [5.74, 6) is 0.862. The zero-order valence-corrected chi connectivity index (χ0v) is 12.8. The van der Waals surface area contributed by atoms with Crippen LogP contribution in [0.1, 0.15) is 30.5 Å². The molecule has 0 spiro atoms. The predicted octanol–water partition coefficient (Wildman–Crippen LogP) is 1.40. The van der Waals surface area contributed by atoms with Gasteiger partial charge in [0.2, 0.25) is 0 Å². The number of hydrogen-bond acceptors (Lipinski definition) is 5. The van der Waals surface area contributed by atoms with Crippen LogP contribution in [0.4, 0.5) is 0 Å². The molecule has 0 saturated carbocycles. The summed E-state index contributed by atoms with van der Waals surface area (Å²) in [7, 11) is 0. The highest BCUT2D eigenvalue weighted by Crippen LogP contribution is 2.22. The fourth-order valence-corrected chi connectivity index (χ4v) is 2.81. The van der Waals surface area contributed by atoms with Gasteiger partial charge in [-0.3, -0.25) is 4.90 Å². The largest absolute Gasteiger partial charge is 0.387 e. The van der Waals surface area contributed by atoms with Crippen LogP contribution in [0.2, 0.25) is 0 Å². The molecule has 6 nitrogen and oxygen atoms in total. The first-order chi connectivity index (χ1) is 10.8. The van der Waals surface area contributed by atoms with E-state index in [-0.39, 0.29) is 6.10 Å². The lowest BCUT2D eigenvalue weighted by Gasteiger charge is -2.33. The lowest BCUT2D eigenvalue weighted by Crippen LogP contribution is -2.41. The second kappa shape index (κ2) is 7.00. The van der Waals surface area contributed by atoms with Gasteiger partial charge in [0, 0.05) is 26.2 Å². The zero-order chi connectivity index (χ0) is 15.4. The third-order valence-electron chi connectivity index (χ3n) is 4.04. The fourth-order valence-electron chi connectivity index (χ4n) is 2.81. The molecule has 2 aromatic rings. The minimum absolute atomic E-state index is 0.0841. The van der Waals surface area contributed by atoms with Gasteiger partial charge in [0.15, 0.2) is 5.82 Å². The number of hydrogen-bond donors (Lipinski definition) is 1. The Balaban J connectivity index is 1.63. The lowest BCUT2D eigenvalue weighted by molar-refractivity contribution is -0.0476. The standard InChI is InChI=1S/C16H22N4O2/c1-2-20-12-17-18-16(20)15-11-19(8-9-22-15)10-14(21)13-6-4-3-5-7-13/h3-7,12,14-15,21H,2,8-11H2,1H3. The van der Waals surface area contributed by atoms with Crippen LogP contribution in [0.3, 0.4) is 0 Å². The van der Waals surface area contributed by atoms with E-state index in [0.717, 1.165) is 31.0 Å². The monoisotopic (exact) mass is 302 g/mol. The normalized spacial score (nSPS) is 20.9. The summed E-state index contributed by atoms with van der Waals surface area (Å²) in [5.41, 5.74) is 0.947. The number of morpholine rings is 1. The molecule has 2 heterocycles. The first kappa shape index (κ1) is 15.1. The first-order valence-electron chi connectivity index (χ1n) is 7.72. The van der Waals surface area contributed by atoms with Crippen LogP contribution in [-0.4, -0.2) is 51.0 Å². The summed E-state index contributed by atoms with van der Waals surface area (Å²) in [6, 6.07) is 9.76. The van der Waals surface area contributed by atoms with Crippen molar-refractivity contribution in [3.63, 3.8) is 0 Å². The van der Waals surface area contributed by atoms with E-state index in [9.17, 15) is 5.11 Å². The van der Waals surface area contributed by atoms with Crippen molar-refractivity contribution in [1.29, 1.82) is 0 Å². The summed E-state index contributed by atoms with van der Waals surface area (Å²) in [6.45, 7) is 5.68. The third kappa shape index (κ3) is 3.35. The third-order valence-corrected chi connectivity index (χ3v) is 4.04. The molecule has 0 radical (unpaired) electrons. The summed E-state index contributed by atoms with van der Waals surface area (Å²) in [5, 5.41) is 18.5. The van der Waals surface area contributed by atoms with Crippen molar-refractivity contribution in [2.24, 2.45) is 0 Å². The highest BCUT2D eigenvalue weighted by molar-refractivity contribution is 5.17. The van der Waals surface area contributed by atoms with Crippen molar-refractivity contribution in [2.45, 2.75) is 25.7 Å². The smallest absolute Gasteiger partial charge is 0.163 e. The molecule has 1 aliphatic heterocycles. The Morgan fingerprint density at radius 1 is 1.36 bits per heavy atom. The highest BCUT2D eigenvalue weighted by Gasteiger charge is 2.27. The van der Waals surface area contributed by atoms with Gasteiger partial charge in [-0.1, -0.05) is 30.3 Å². The molecular formula is C16H22N4O2. The number of aliphatic hydroxyl groups is 1. The molecule has 1 saturated heterocycles. The predicted molar refractivity (Wildman–Crippen MR) is 82.2 cm³/mol. The molecule has 0 amide bonds. The number of aliphatic hydroxyl groups excluding tert-OH is 1. The van der Waals surface area contributed by atoms with Gasteiger partial charge in [-0.05, 0) is 12.5 Å². The maximum absolute atomic E-state index is 10.4. The average molecular weight is 302 g/mol. The van der Waals surface area contributed by atoms with Gasteiger partial charge >= 0.3 is 0 Å². The number of β-amino-alcohol motifs (C(OH)–C–C–N with tert-alkyl or cyclic N) is 1. The Bertz CT molecular complexity index is 587. The lowest BCUT2D eigenvalue weighted by atomic mass is 10.1. The number of aryl methyl sites for hydroxylation is 1. The summed E-state index contributed by atoms with van der Waals surface area (Å²) in [4.78, 5) is 2.22. The molecule has 1 aliphatic rings. The van der Waals surface area contributed by atoms with Gasteiger partial charge in [-0.15, -0.1) is 10.2 Å². The molecule has 1 N–H and O–H groups in total. The van der Waals surface area contributed by atoms with E-state index in [1.54, 1.807) is 6.33 Å². The van der Waals surface area contributed by atoms with Gasteiger partial charge < -0.3 is 14.4 Å². The second-order valence-corrected chi connectivity index (χ2v) is 5.52. The second-order valence-electron chi connectivity index (χ2n) is 5.52. The van der Waals surface area contributed by atoms with Crippen LogP contribution in [0.25, 0.3) is 0 Å². The fraction of sp³-hybridized carbons (Fsp3) is 0.500. The quantitative estimate of drug-likeness (QED) is 0.904. The van der Waals surface area contributed by atoms with E-state index in [4.69, 9.17) is 4.74 Å². The van der Waals surface area contributed by atoms with Gasteiger partial charge in [-0.2, -0.15) is 0 Å². The van der Waals surface area contributed by atoms with Gasteiger partial charge in [0.1, 0.15) is 12.4 Å². The van der Waals surface area contributed by atoms with Crippen molar-refractivity contribution in [2.75, 3.05) is 26.2 Å². The molecule has 2 atom stereocenters. The van der Waals surface area contributed by atoms with E-state index in [1.807, 2.05) is 34.9 Å². The first-order valence-corrected chi connectivity index (χ1v) is 7.72. The topological polar surface area (TPSA) is 63.4 Å². The van der Waals surface area contributed by atoms with Crippen molar-refractivity contribution in [1.82, 2.24) is 19.7 Å². The number of ether oxygens (including phenoxy) is 1. The van der Waals surface area contributed by atoms with E-state index < -0.39 is 6.10 Å². The Morgan fingerprint density at radius 3 is 2.95 bits per heavy atom. The van der Waals surface area contributed by atoms with Crippen molar-refractivity contribution >= 4 is 0 Å². The van der Waals surface area contributed by atoms with E-state index >= 15 is 0 Å². The molecule has 1 fully saturated rings. The zero-order valence-electron chi connectivity index (χ0n) is 12.8. The summed E-state index contributed by atoms with van der Waals surface area (Å²) >= 11 is 0. The molecule has 1 aromatic heterocycles. The molecule has 22 heavy (non-hydrogen) atoms. The number of aromatic nitrogens is 3. The van der Waals surface area contributed by atoms with Crippen LogP contribution >= 0.6 is 0 Å². The van der Waals surface area contributed by atoms with Gasteiger partial charge in [-0.25, -0.2) is 0 Å². The van der Waals surface area contributed by atoms with Crippen LogP contribution in [0.15, 0.2) is 36.7 Å². The Morgan fingerprint density at radius 2 is 2.18 bits per heavy atom. The Hall–Kier alpha value is -1.76. The SMILES string of the molecule is CCn1cnnc1C1CN(CC(O)c2ccccc2)CCO1. The van der Waals surface area contributed by atoms with Crippen LogP contribution < -0.4 is 0 Å². The van der Waals surface area contributed by atoms with Crippen LogP contribution in [0, 0.1) is 0 Å². The number of benzene rings is 1. The minimum atomic E-state index is -0.482. The van der Waals surface area contributed by atoms with Crippen molar-refractivity contribution in [3.05, 3.63) is 48.0 Å². The van der Waals surface area contributed by atoms with E-state index in [2.05, 4.69) is 22.0 Å². The van der Waals surface area contributed by atoms with Crippen molar-refractivity contribution in [3.8, 4) is 0 Å². The number of rotatable bonds is 5. The Labute approximate surface area is 130 Å². The highest BCUT2D eigenvalue weighted by atomic mass is 16.5. The van der Waals surface area contributed by atoms with Crippen molar-refractivity contribution < 1.29 is 9.84 Å². The molecule has 118 valence electrons. The molecular weight excluding hydrogens is 280 g/mol. The molecule has 2 unspecified atom stereocenters. The van der Waals surface area contributed by atoms with E-state index in [1.165, 1.54) is 0 Å². The maximum atomic E-state index is 10.4. The summed E-state index contributed by atoms with van der Waals surface area (Å²) < 4.78 is 7.84. The molecule has 0 bridgehead atoms. The maximum Gasteiger partial charge on any atom is 0.163 e. The Kier molecular flexibility index (Phi) is 4.82. The van der Waals surface area contributed by atoms with Gasteiger partial charge in [0.05, 0.1) is 12.7 Å².